The molecule has 2 aromatic rings. The molecule has 6 rings (SSSR count). The van der Waals surface area contributed by atoms with Crippen LogP contribution in [-0.2, 0) is 9.59 Å². The van der Waals surface area contributed by atoms with Crippen molar-refractivity contribution in [3.8, 4) is 0 Å². The summed E-state index contributed by atoms with van der Waals surface area (Å²) in [6, 6.07) is 15.4. The van der Waals surface area contributed by atoms with Crippen molar-refractivity contribution >= 4 is 55.0 Å². The molecule has 2 N–H and O–H groups in total. The van der Waals surface area contributed by atoms with Crippen molar-refractivity contribution in [2.45, 2.75) is 38.5 Å². The van der Waals surface area contributed by atoms with Crippen LogP contribution in [0.25, 0.3) is 0 Å². The highest BCUT2D eigenvalue weighted by Crippen LogP contribution is 2.65. The first-order chi connectivity index (χ1) is 14.4. The van der Waals surface area contributed by atoms with Crippen molar-refractivity contribution in [1.82, 2.24) is 0 Å². The Labute approximate surface area is 193 Å². The maximum Gasteiger partial charge on any atom is 0.230 e. The largest absolute Gasteiger partial charge is 0.326 e. The van der Waals surface area contributed by atoms with Crippen LogP contribution in [0.2, 0.25) is 0 Å². The summed E-state index contributed by atoms with van der Waals surface area (Å²) in [7, 11) is 0. The Morgan fingerprint density at radius 1 is 0.700 bits per heavy atom. The molecule has 2 amide bonds. The van der Waals surface area contributed by atoms with E-state index in [1.807, 2.05) is 48.5 Å². The van der Waals surface area contributed by atoms with Crippen LogP contribution < -0.4 is 10.6 Å². The first kappa shape index (κ1) is 20.3. The highest BCUT2D eigenvalue weighted by Gasteiger charge is 2.63. The molecule has 4 nitrogen and oxygen atoms in total. The zero-order valence-electron chi connectivity index (χ0n) is 16.6. The third kappa shape index (κ3) is 3.62. The van der Waals surface area contributed by atoms with Gasteiger partial charge in [0.2, 0.25) is 11.8 Å². The van der Waals surface area contributed by atoms with Gasteiger partial charge in [-0.05, 0) is 98.9 Å². The van der Waals surface area contributed by atoms with Crippen LogP contribution in [0.15, 0.2) is 57.5 Å². The third-order valence-electron chi connectivity index (χ3n) is 7.23. The summed E-state index contributed by atoms with van der Waals surface area (Å²) < 4.78 is 1.97. The molecule has 4 aliphatic rings. The van der Waals surface area contributed by atoms with Gasteiger partial charge in [-0.3, -0.25) is 9.59 Å². The zero-order valence-corrected chi connectivity index (χ0v) is 19.8. The molecule has 0 saturated heterocycles. The van der Waals surface area contributed by atoms with Gasteiger partial charge in [0, 0.05) is 20.3 Å². The number of hydrogen-bond donors (Lipinski definition) is 2. The summed E-state index contributed by atoms with van der Waals surface area (Å²) in [5.74, 6) is 1.08. The van der Waals surface area contributed by atoms with Gasteiger partial charge in [-0.25, -0.2) is 0 Å². The van der Waals surface area contributed by atoms with Gasteiger partial charge >= 0.3 is 0 Å². The van der Waals surface area contributed by atoms with Gasteiger partial charge in [-0.15, -0.1) is 0 Å². The Morgan fingerprint density at radius 2 is 1.07 bits per heavy atom. The molecular formula is C24H24Br2N2O2. The molecule has 0 aliphatic heterocycles. The van der Waals surface area contributed by atoms with Gasteiger partial charge in [0.15, 0.2) is 0 Å². The van der Waals surface area contributed by atoms with Crippen molar-refractivity contribution in [3.63, 3.8) is 0 Å². The van der Waals surface area contributed by atoms with E-state index >= 15 is 0 Å². The number of nitrogens with one attached hydrogen (secondary N) is 2. The van der Waals surface area contributed by atoms with E-state index in [1.54, 1.807) is 0 Å². The quantitative estimate of drug-likeness (QED) is 0.481. The van der Waals surface area contributed by atoms with E-state index in [0.717, 1.165) is 52.4 Å². The topological polar surface area (TPSA) is 58.2 Å². The van der Waals surface area contributed by atoms with Gasteiger partial charge in [0.1, 0.15) is 0 Å². The lowest BCUT2D eigenvalue weighted by Crippen LogP contribution is -2.59. The van der Waals surface area contributed by atoms with E-state index in [1.165, 1.54) is 0 Å². The normalized spacial score (nSPS) is 31.4. The molecule has 4 saturated carbocycles. The predicted molar refractivity (Wildman–Crippen MR) is 125 cm³/mol. The van der Waals surface area contributed by atoms with E-state index < -0.39 is 10.8 Å². The number of hydrogen-bond acceptors (Lipinski definition) is 2. The first-order valence-electron chi connectivity index (χ1n) is 10.5. The van der Waals surface area contributed by atoms with E-state index in [0.29, 0.717) is 18.3 Å². The van der Waals surface area contributed by atoms with E-state index in [9.17, 15) is 9.59 Å². The molecular weight excluding hydrogens is 508 g/mol. The van der Waals surface area contributed by atoms with Gasteiger partial charge in [0.05, 0.1) is 10.8 Å². The smallest absolute Gasteiger partial charge is 0.230 e. The molecule has 0 spiro atoms. The van der Waals surface area contributed by atoms with Crippen LogP contribution in [0.5, 0.6) is 0 Å². The lowest BCUT2D eigenvalue weighted by molar-refractivity contribution is -0.161. The number of rotatable bonds is 4. The van der Waals surface area contributed by atoms with E-state index in [2.05, 4.69) is 42.5 Å². The first-order valence-corrected chi connectivity index (χ1v) is 12.1. The summed E-state index contributed by atoms with van der Waals surface area (Å²) >= 11 is 6.87. The summed E-state index contributed by atoms with van der Waals surface area (Å²) in [6.45, 7) is 0. The third-order valence-corrected chi connectivity index (χ3v) is 8.29. The fraction of sp³-hybridized carbons (Fsp3) is 0.417. The number of anilines is 2. The lowest BCUT2D eigenvalue weighted by atomic mass is 9.43. The Balaban J connectivity index is 1.38. The number of benzene rings is 2. The van der Waals surface area contributed by atoms with Crippen molar-refractivity contribution in [1.29, 1.82) is 0 Å². The summed E-state index contributed by atoms with van der Waals surface area (Å²) in [5, 5.41) is 6.28. The fourth-order valence-electron chi connectivity index (χ4n) is 6.39. The van der Waals surface area contributed by atoms with Crippen LogP contribution in [0.1, 0.15) is 38.5 Å². The number of amides is 2. The molecule has 156 valence electrons. The molecule has 2 aromatic carbocycles. The Kier molecular flexibility index (Phi) is 5.05. The maximum absolute atomic E-state index is 13.5. The average Bonchev–Trinajstić information content (AvgIpc) is 2.70. The zero-order chi connectivity index (χ0) is 20.9. The number of carbonyl (C=O) groups is 2. The van der Waals surface area contributed by atoms with Gasteiger partial charge in [-0.1, -0.05) is 31.9 Å². The number of carbonyl (C=O) groups excluding carboxylic acids is 2. The maximum atomic E-state index is 13.5. The summed E-state index contributed by atoms with van der Waals surface area (Å²) in [5.41, 5.74) is 0.752. The molecule has 0 radical (unpaired) electrons. The molecule has 0 atom stereocenters. The molecule has 0 unspecified atom stereocenters. The van der Waals surface area contributed by atoms with Gasteiger partial charge < -0.3 is 10.6 Å². The lowest BCUT2D eigenvalue weighted by Gasteiger charge is -2.60. The molecule has 6 heteroatoms. The second-order valence-electron chi connectivity index (χ2n) is 9.44. The Hall–Kier alpha value is -1.66. The predicted octanol–water partition coefficient (Wildman–Crippen LogP) is 6.38. The van der Waals surface area contributed by atoms with Crippen molar-refractivity contribution in [2.75, 3.05) is 10.6 Å². The second kappa shape index (κ2) is 7.49. The van der Waals surface area contributed by atoms with Crippen LogP contribution >= 0.6 is 31.9 Å². The summed E-state index contributed by atoms with van der Waals surface area (Å²) in [6.07, 6.45) is 5.41. The molecule has 4 bridgehead atoms. The molecule has 0 aromatic heterocycles. The minimum Gasteiger partial charge on any atom is -0.326 e. The fourth-order valence-corrected chi connectivity index (χ4v) is 6.92. The monoisotopic (exact) mass is 530 g/mol. The van der Waals surface area contributed by atoms with Crippen molar-refractivity contribution in [2.24, 2.45) is 22.7 Å². The standard InChI is InChI=1S/C24H24Br2N2O2/c25-17-1-5-19(6-2-17)27-21(29)23-10-15-9-16(11-23)13-24(12-15,14-23)22(30)28-20-7-3-18(26)4-8-20/h1-8,15-16H,9-14H2,(H,27,29)(H,28,30). The van der Waals surface area contributed by atoms with Crippen LogP contribution in [0, 0.1) is 22.7 Å². The Bertz CT molecular complexity index is 896. The van der Waals surface area contributed by atoms with Crippen molar-refractivity contribution < 1.29 is 9.59 Å². The highest BCUT2D eigenvalue weighted by atomic mass is 79.9. The molecule has 30 heavy (non-hydrogen) atoms. The average molecular weight is 532 g/mol. The summed E-state index contributed by atoms with van der Waals surface area (Å²) in [4.78, 5) is 26.9. The second-order valence-corrected chi connectivity index (χ2v) is 11.3. The van der Waals surface area contributed by atoms with E-state index in [-0.39, 0.29) is 11.8 Å². The minimum absolute atomic E-state index is 0.0831. The molecule has 4 fully saturated rings. The van der Waals surface area contributed by atoms with Crippen LogP contribution in [0.4, 0.5) is 11.4 Å². The molecule has 4 aliphatic carbocycles. The SMILES string of the molecule is O=C(Nc1ccc(Br)cc1)C12CC3CC(C1)CC(C(=O)Nc1ccc(Br)cc1)(C3)C2. The number of halogens is 2. The Morgan fingerprint density at radius 3 is 1.43 bits per heavy atom. The molecule has 0 heterocycles. The van der Waals surface area contributed by atoms with Crippen LogP contribution in [0.3, 0.4) is 0 Å². The van der Waals surface area contributed by atoms with Gasteiger partial charge in [0.25, 0.3) is 0 Å². The highest BCUT2D eigenvalue weighted by molar-refractivity contribution is 9.10. The van der Waals surface area contributed by atoms with E-state index in [4.69, 9.17) is 0 Å². The van der Waals surface area contributed by atoms with Crippen LogP contribution in [-0.4, -0.2) is 11.8 Å². The minimum atomic E-state index is -0.436. The van der Waals surface area contributed by atoms with Gasteiger partial charge in [-0.2, -0.15) is 0 Å². The van der Waals surface area contributed by atoms with Crippen molar-refractivity contribution in [3.05, 3.63) is 57.5 Å².